The van der Waals surface area contributed by atoms with Crippen molar-refractivity contribution in [1.29, 1.82) is 0 Å². The van der Waals surface area contributed by atoms with Gasteiger partial charge in [0.25, 0.3) is 0 Å². The number of nitrogens with zero attached hydrogens (tertiary/aromatic N) is 1. The zero-order valence-corrected chi connectivity index (χ0v) is 7.55. The first-order chi connectivity index (χ1) is 4.86. The maximum atomic E-state index is 4.32. The molecule has 52 valence electrons. The fourth-order valence-electron chi connectivity index (χ4n) is 1.11. The van der Waals surface area contributed by atoms with Crippen LogP contribution in [0.1, 0.15) is 6.42 Å². The number of halogens is 1. The van der Waals surface area contributed by atoms with Crippen molar-refractivity contribution >= 4 is 28.7 Å². The molecule has 0 spiro atoms. The van der Waals surface area contributed by atoms with Crippen LogP contribution in [0.5, 0.6) is 0 Å². The van der Waals surface area contributed by atoms with Crippen molar-refractivity contribution in [3.05, 3.63) is 20.5 Å². The molecule has 0 unspecified atom stereocenters. The van der Waals surface area contributed by atoms with Crippen LogP contribution in [0.2, 0.25) is 0 Å². The van der Waals surface area contributed by atoms with Gasteiger partial charge < -0.3 is 4.98 Å². The molecule has 2 nitrogen and oxygen atoms in total. The van der Waals surface area contributed by atoms with Gasteiger partial charge in [-0.05, 0) is 35.1 Å². The van der Waals surface area contributed by atoms with Crippen molar-refractivity contribution in [3.8, 4) is 0 Å². The van der Waals surface area contributed by atoms with Gasteiger partial charge in [0, 0.05) is 11.8 Å². The maximum Gasteiger partial charge on any atom is 0.132 e. The summed E-state index contributed by atoms with van der Waals surface area (Å²) in [5.74, 6) is 0. The maximum absolute atomic E-state index is 4.32. The van der Waals surface area contributed by atoms with Gasteiger partial charge in [0.05, 0.1) is 3.70 Å². The van der Waals surface area contributed by atoms with E-state index < -0.39 is 0 Å². The van der Waals surface area contributed by atoms with E-state index in [4.69, 9.17) is 0 Å². The predicted octanol–water partition coefficient (Wildman–Crippen LogP) is 0.423. The van der Waals surface area contributed by atoms with E-state index >= 15 is 0 Å². The summed E-state index contributed by atoms with van der Waals surface area (Å²) in [5.41, 5.74) is 1.05. The van der Waals surface area contributed by atoms with E-state index in [0.29, 0.717) is 0 Å². The molecule has 0 saturated carbocycles. The molecule has 10 heavy (non-hydrogen) atoms. The molecule has 1 N–H and O–H groups in total. The molecule has 0 aliphatic carbocycles. The average molecular weight is 246 g/mol. The minimum atomic E-state index is 0.934. The van der Waals surface area contributed by atoms with E-state index in [2.05, 4.69) is 44.7 Å². The minimum Gasteiger partial charge on any atom is -0.335 e. The van der Waals surface area contributed by atoms with Gasteiger partial charge in [-0.2, -0.15) is 0 Å². The van der Waals surface area contributed by atoms with E-state index in [1.165, 1.54) is 8.92 Å². The van der Waals surface area contributed by atoms with Gasteiger partial charge in [-0.1, -0.05) is 6.08 Å². The molecule has 1 aromatic rings. The third-order valence-electron chi connectivity index (χ3n) is 1.56. The predicted molar refractivity (Wildman–Crippen MR) is 48.2 cm³/mol. The molecule has 2 rings (SSSR count). The average Bonchev–Trinajstić information content (AvgIpc) is 2.27. The standard InChI is InChI=1S/C7H7IN2/c8-6-4-5-2-1-3-9-7(5)10-6/h2,4H,1,3H2,(H,9,10). The monoisotopic (exact) mass is 246 g/mol. The van der Waals surface area contributed by atoms with Crippen LogP contribution in [-0.4, -0.2) is 11.5 Å². The Labute approximate surface area is 72.2 Å². The number of hydrogen-bond donors (Lipinski definition) is 1. The Bertz CT molecular complexity index is 317. The molecule has 0 aromatic carbocycles. The lowest BCUT2D eigenvalue weighted by atomic mass is 10.3. The number of fused-ring (bicyclic) bond motifs is 1. The first-order valence-corrected chi connectivity index (χ1v) is 4.33. The highest BCUT2D eigenvalue weighted by atomic mass is 127. The topological polar surface area (TPSA) is 28.1 Å². The number of aromatic amines is 1. The van der Waals surface area contributed by atoms with E-state index in [1.807, 2.05) is 0 Å². The Morgan fingerprint density at radius 2 is 2.50 bits per heavy atom. The number of nitrogens with one attached hydrogen (secondary N) is 1. The fourth-order valence-corrected chi connectivity index (χ4v) is 1.70. The summed E-state index contributed by atoms with van der Waals surface area (Å²) in [7, 11) is 0. The summed E-state index contributed by atoms with van der Waals surface area (Å²) in [6.07, 6.45) is 3.31. The summed E-state index contributed by atoms with van der Waals surface area (Å²) < 4.78 is 1.17. The van der Waals surface area contributed by atoms with Gasteiger partial charge >= 0.3 is 0 Å². The van der Waals surface area contributed by atoms with Gasteiger partial charge in [0.15, 0.2) is 0 Å². The van der Waals surface area contributed by atoms with Crippen molar-refractivity contribution in [2.45, 2.75) is 6.42 Å². The highest BCUT2D eigenvalue weighted by Crippen LogP contribution is 1.93. The van der Waals surface area contributed by atoms with Crippen LogP contribution in [0, 0.1) is 3.70 Å². The van der Waals surface area contributed by atoms with Crippen LogP contribution in [0.15, 0.2) is 11.1 Å². The van der Waals surface area contributed by atoms with Crippen LogP contribution in [0.3, 0.4) is 0 Å². The highest BCUT2D eigenvalue weighted by Gasteiger charge is 1.96. The molecule has 2 heterocycles. The van der Waals surface area contributed by atoms with Crippen LogP contribution < -0.4 is 10.7 Å². The second-order valence-corrected chi connectivity index (χ2v) is 3.46. The largest absolute Gasteiger partial charge is 0.335 e. The molecule has 0 atom stereocenters. The molecule has 0 bridgehead atoms. The molecule has 0 amide bonds. The minimum absolute atomic E-state index is 0.934. The zero-order valence-electron chi connectivity index (χ0n) is 5.39. The Morgan fingerprint density at radius 1 is 1.60 bits per heavy atom. The lowest BCUT2D eigenvalue weighted by Crippen LogP contribution is -2.25. The third kappa shape index (κ3) is 0.982. The number of hydrogen-bond acceptors (Lipinski definition) is 1. The fraction of sp³-hybridized carbons (Fsp3) is 0.286. The van der Waals surface area contributed by atoms with Crippen LogP contribution in [0.25, 0.3) is 6.08 Å². The summed E-state index contributed by atoms with van der Waals surface area (Å²) in [6.45, 7) is 0.934. The smallest absolute Gasteiger partial charge is 0.132 e. The highest BCUT2D eigenvalue weighted by molar-refractivity contribution is 14.1. The van der Waals surface area contributed by atoms with Crippen molar-refractivity contribution in [2.75, 3.05) is 6.54 Å². The van der Waals surface area contributed by atoms with E-state index in [1.54, 1.807) is 0 Å². The Morgan fingerprint density at radius 3 is 3.30 bits per heavy atom. The van der Waals surface area contributed by atoms with Crippen molar-refractivity contribution < 1.29 is 0 Å². The normalized spacial score (nSPS) is 15.3. The molecule has 0 radical (unpaired) electrons. The SMILES string of the molecule is Ic1cc2c([nH]1)=NCCC=2. The lowest BCUT2D eigenvalue weighted by molar-refractivity contribution is 0.933. The molecule has 1 aliphatic heterocycles. The van der Waals surface area contributed by atoms with Gasteiger partial charge in [0.1, 0.15) is 5.49 Å². The number of rotatable bonds is 0. The van der Waals surface area contributed by atoms with E-state index in [0.717, 1.165) is 18.5 Å². The molecule has 3 heteroatoms. The molecular formula is C7H7IN2. The van der Waals surface area contributed by atoms with Crippen LogP contribution in [-0.2, 0) is 0 Å². The Kier molecular flexibility index (Phi) is 1.52. The van der Waals surface area contributed by atoms with E-state index in [9.17, 15) is 0 Å². The summed E-state index contributed by atoms with van der Waals surface area (Å²) >= 11 is 2.27. The summed E-state index contributed by atoms with van der Waals surface area (Å²) in [4.78, 5) is 7.51. The van der Waals surface area contributed by atoms with Crippen LogP contribution >= 0.6 is 22.6 Å². The second-order valence-electron chi connectivity index (χ2n) is 2.30. The molecule has 0 fully saturated rings. The van der Waals surface area contributed by atoms with Gasteiger partial charge in [-0.25, -0.2) is 0 Å². The van der Waals surface area contributed by atoms with Crippen molar-refractivity contribution in [1.82, 2.24) is 4.98 Å². The van der Waals surface area contributed by atoms with E-state index in [-0.39, 0.29) is 0 Å². The Balaban J connectivity index is 2.83. The first-order valence-electron chi connectivity index (χ1n) is 3.25. The molecule has 1 aromatic heterocycles. The van der Waals surface area contributed by atoms with Crippen molar-refractivity contribution in [3.63, 3.8) is 0 Å². The molecule has 0 saturated heterocycles. The van der Waals surface area contributed by atoms with Gasteiger partial charge in [-0.15, -0.1) is 0 Å². The Hall–Kier alpha value is -0.320. The number of aromatic nitrogens is 1. The zero-order chi connectivity index (χ0) is 6.97. The second kappa shape index (κ2) is 2.38. The quantitative estimate of drug-likeness (QED) is 0.643. The summed E-state index contributed by atoms with van der Waals surface area (Å²) in [5, 5.41) is 1.26. The summed E-state index contributed by atoms with van der Waals surface area (Å²) in [6, 6.07) is 2.12. The molecular weight excluding hydrogens is 239 g/mol. The van der Waals surface area contributed by atoms with Crippen molar-refractivity contribution in [2.24, 2.45) is 4.99 Å². The van der Waals surface area contributed by atoms with Gasteiger partial charge in [-0.3, -0.25) is 4.99 Å². The lowest BCUT2D eigenvalue weighted by Gasteiger charge is -1.91. The van der Waals surface area contributed by atoms with Crippen LogP contribution in [0.4, 0.5) is 0 Å². The third-order valence-corrected chi connectivity index (χ3v) is 2.14. The van der Waals surface area contributed by atoms with Gasteiger partial charge in [0.2, 0.25) is 0 Å². The first kappa shape index (κ1) is 6.39. The molecule has 1 aliphatic rings. The number of H-pyrrole nitrogens is 1.